The second kappa shape index (κ2) is 7.17. The molecule has 0 spiro atoms. The highest BCUT2D eigenvalue weighted by Crippen LogP contribution is 2.12. The van der Waals surface area contributed by atoms with Crippen LogP contribution in [0.1, 0.15) is 13.3 Å². The molecule has 84 valence electrons. The molecule has 2 fully saturated rings. The predicted molar refractivity (Wildman–Crippen MR) is 52.5 cm³/mol. The minimum atomic E-state index is 0.392. The maximum absolute atomic E-state index is 5.23. The van der Waals surface area contributed by atoms with Gasteiger partial charge in [0.05, 0.1) is 26.4 Å². The molecular formula is C10H20O4. The minimum absolute atomic E-state index is 0.392. The Hall–Kier alpha value is -0.160. The van der Waals surface area contributed by atoms with Gasteiger partial charge in [-0.2, -0.15) is 0 Å². The Morgan fingerprint density at radius 3 is 1.86 bits per heavy atom. The number of rotatable bonds is 6. The van der Waals surface area contributed by atoms with Gasteiger partial charge in [0.25, 0.3) is 0 Å². The minimum Gasteiger partial charge on any atom is -0.385 e. The summed E-state index contributed by atoms with van der Waals surface area (Å²) in [5.74, 6) is 0. The van der Waals surface area contributed by atoms with Crippen molar-refractivity contribution in [2.75, 3.05) is 40.1 Å². The quantitative estimate of drug-likeness (QED) is 0.601. The van der Waals surface area contributed by atoms with E-state index in [0.29, 0.717) is 12.2 Å². The first-order valence-corrected chi connectivity index (χ1v) is 5.16. The van der Waals surface area contributed by atoms with Crippen LogP contribution in [0, 0.1) is 0 Å². The summed E-state index contributed by atoms with van der Waals surface area (Å²) in [7, 11) is 1.71. The Balaban J connectivity index is 0.000000171. The Morgan fingerprint density at radius 1 is 1.14 bits per heavy atom. The van der Waals surface area contributed by atoms with Crippen LogP contribution in [0.15, 0.2) is 0 Å². The van der Waals surface area contributed by atoms with Crippen LogP contribution < -0.4 is 0 Å². The lowest BCUT2D eigenvalue weighted by Gasteiger charge is -1.95. The first kappa shape index (κ1) is 11.9. The van der Waals surface area contributed by atoms with Gasteiger partial charge < -0.3 is 18.9 Å². The number of hydrogen-bond acceptors (Lipinski definition) is 4. The average Bonchev–Trinajstić information content (AvgIpc) is 3.01. The molecule has 2 aliphatic rings. The second-order valence-electron chi connectivity index (χ2n) is 3.44. The van der Waals surface area contributed by atoms with E-state index in [-0.39, 0.29) is 0 Å². The van der Waals surface area contributed by atoms with E-state index in [1.807, 2.05) is 0 Å². The van der Waals surface area contributed by atoms with Crippen molar-refractivity contribution in [3.8, 4) is 0 Å². The smallest absolute Gasteiger partial charge is 0.104 e. The van der Waals surface area contributed by atoms with Crippen molar-refractivity contribution in [1.82, 2.24) is 0 Å². The molecule has 2 aliphatic heterocycles. The Labute approximate surface area is 85.5 Å². The topological polar surface area (TPSA) is 43.5 Å². The van der Waals surface area contributed by atoms with Crippen LogP contribution in [0.25, 0.3) is 0 Å². The molecule has 0 radical (unpaired) electrons. The molecule has 2 unspecified atom stereocenters. The van der Waals surface area contributed by atoms with E-state index >= 15 is 0 Å². The van der Waals surface area contributed by atoms with E-state index < -0.39 is 0 Å². The lowest BCUT2D eigenvalue weighted by molar-refractivity contribution is 0.102. The predicted octanol–water partition coefficient (Wildman–Crippen LogP) is 0.843. The fourth-order valence-corrected chi connectivity index (χ4v) is 0.864. The molecule has 2 rings (SSSR count). The molecule has 0 aromatic heterocycles. The molecule has 0 amide bonds. The molecule has 2 saturated heterocycles. The summed E-state index contributed by atoms with van der Waals surface area (Å²) < 4.78 is 19.8. The third-order valence-corrected chi connectivity index (χ3v) is 1.82. The van der Waals surface area contributed by atoms with Crippen LogP contribution in [0.3, 0.4) is 0 Å². The fourth-order valence-electron chi connectivity index (χ4n) is 0.864. The van der Waals surface area contributed by atoms with E-state index in [9.17, 15) is 0 Å². The third-order valence-electron chi connectivity index (χ3n) is 1.82. The number of hydrogen-bond donors (Lipinski definition) is 0. The van der Waals surface area contributed by atoms with Crippen molar-refractivity contribution in [2.45, 2.75) is 25.6 Å². The van der Waals surface area contributed by atoms with E-state index in [4.69, 9.17) is 18.9 Å². The maximum Gasteiger partial charge on any atom is 0.104 e. The second-order valence-corrected chi connectivity index (χ2v) is 3.44. The number of epoxide rings is 2. The number of methoxy groups -OCH3 is 1. The van der Waals surface area contributed by atoms with E-state index in [0.717, 1.165) is 39.5 Å². The summed E-state index contributed by atoms with van der Waals surface area (Å²) in [6.45, 7) is 6.24. The van der Waals surface area contributed by atoms with Gasteiger partial charge in [-0.1, -0.05) is 6.92 Å². The molecule has 0 aromatic rings. The van der Waals surface area contributed by atoms with Gasteiger partial charge >= 0.3 is 0 Å². The standard InChI is InChI=1S/C6H10O3.C4H10O/c1(5-3-8-5)7-2-6-4-9-6;1-3-4-5-2/h5-6H,1-4H2;3-4H2,1-2H3. The van der Waals surface area contributed by atoms with Gasteiger partial charge in [0.1, 0.15) is 12.2 Å². The van der Waals surface area contributed by atoms with Crippen LogP contribution >= 0.6 is 0 Å². The Bertz CT molecular complexity index is 118. The summed E-state index contributed by atoms with van der Waals surface area (Å²) >= 11 is 0. The molecule has 0 aliphatic carbocycles. The first-order valence-electron chi connectivity index (χ1n) is 5.16. The molecule has 14 heavy (non-hydrogen) atoms. The summed E-state index contributed by atoms with van der Waals surface area (Å²) in [5, 5.41) is 0. The summed E-state index contributed by atoms with van der Waals surface area (Å²) in [6, 6.07) is 0. The largest absolute Gasteiger partial charge is 0.385 e. The molecule has 0 saturated carbocycles. The third kappa shape index (κ3) is 7.26. The molecule has 4 nitrogen and oxygen atoms in total. The molecule has 2 heterocycles. The van der Waals surface area contributed by atoms with E-state index in [1.165, 1.54) is 0 Å². The van der Waals surface area contributed by atoms with Crippen molar-refractivity contribution in [3.05, 3.63) is 0 Å². The summed E-state index contributed by atoms with van der Waals surface area (Å²) in [6.07, 6.45) is 1.91. The van der Waals surface area contributed by atoms with Gasteiger partial charge in [0.2, 0.25) is 0 Å². The van der Waals surface area contributed by atoms with Gasteiger partial charge in [0, 0.05) is 13.7 Å². The van der Waals surface area contributed by atoms with Crippen LogP contribution in [0.5, 0.6) is 0 Å². The first-order chi connectivity index (χ1) is 6.86. The lowest BCUT2D eigenvalue weighted by atomic mass is 10.5. The molecular weight excluding hydrogens is 184 g/mol. The Kier molecular flexibility index (Phi) is 6.10. The van der Waals surface area contributed by atoms with E-state index in [1.54, 1.807) is 7.11 Å². The van der Waals surface area contributed by atoms with Crippen LogP contribution in [0.4, 0.5) is 0 Å². The zero-order valence-electron chi connectivity index (χ0n) is 9.03. The van der Waals surface area contributed by atoms with Gasteiger partial charge in [-0.25, -0.2) is 0 Å². The molecule has 0 N–H and O–H groups in total. The lowest BCUT2D eigenvalue weighted by Crippen LogP contribution is -2.06. The van der Waals surface area contributed by atoms with Gasteiger partial charge in [-0.3, -0.25) is 0 Å². The highest BCUT2D eigenvalue weighted by atomic mass is 16.6. The highest BCUT2D eigenvalue weighted by molar-refractivity contribution is 4.71. The van der Waals surface area contributed by atoms with Crippen molar-refractivity contribution >= 4 is 0 Å². The highest BCUT2D eigenvalue weighted by Gasteiger charge is 2.26. The molecule has 0 bridgehead atoms. The molecule has 0 aromatic carbocycles. The molecule has 4 heteroatoms. The number of ether oxygens (including phenoxy) is 4. The normalized spacial score (nSPS) is 27.9. The monoisotopic (exact) mass is 204 g/mol. The van der Waals surface area contributed by atoms with Crippen molar-refractivity contribution < 1.29 is 18.9 Å². The fraction of sp³-hybridized carbons (Fsp3) is 1.00. The van der Waals surface area contributed by atoms with Crippen LogP contribution in [-0.4, -0.2) is 52.4 Å². The Morgan fingerprint density at radius 2 is 1.64 bits per heavy atom. The average molecular weight is 204 g/mol. The van der Waals surface area contributed by atoms with Gasteiger partial charge in [-0.15, -0.1) is 0 Å². The van der Waals surface area contributed by atoms with Gasteiger partial charge in [-0.05, 0) is 6.42 Å². The zero-order chi connectivity index (χ0) is 10.2. The van der Waals surface area contributed by atoms with Crippen molar-refractivity contribution in [1.29, 1.82) is 0 Å². The van der Waals surface area contributed by atoms with Crippen molar-refractivity contribution in [3.63, 3.8) is 0 Å². The van der Waals surface area contributed by atoms with Crippen molar-refractivity contribution in [2.24, 2.45) is 0 Å². The van der Waals surface area contributed by atoms with Gasteiger partial charge in [0.15, 0.2) is 0 Å². The zero-order valence-corrected chi connectivity index (χ0v) is 9.03. The summed E-state index contributed by atoms with van der Waals surface area (Å²) in [4.78, 5) is 0. The van der Waals surface area contributed by atoms with Crippen LogP contribution in [0.2, 0.25) is 0 Å². The SMILES string of the molecule is C(OCC1CO1)C1CO1.CCCOC. The summed E-state index contributed by atoms with van der Waals surface area (Å²) in [5.41, 5.74) is 0. The molecule has 2 atom stereocenters. The maximum atomic E-state index is 5.23. The van der Waals surface area contributed by atoms with E-state index in [2.05, 4.69) is 6.92 Å². The van der Waals surface area contributed by atoms with Crippen LogP contribution in [-0.2, 0) is 18.9 Å².